The summed E-state index contributed by atoms with van der Waals surface area (Å²) in [5.41, 5.74) is 0.915. The largest absolute Gasteiger partial charge is 0.477 e. The molecule has 2 aliphatic rings. The Morgan fingerprint density at radius 3 is 2.71 bits per heavy atom. The van der Waals surface area contributed by atoms with Gasteiger partial charge in [-0.2, -0.15) is 5.26 Å². The number of aliphatic carboxylic acids is 1. The molecule has 0 aliphatic heterocycles. The van der Waals surface area contributed by atoms with Crippen LogP contribution >= 0.6 is 0 Å². The molecule has 3 nitrogen and oxygen atoms in total. The van der Waals surface area contributed by atoms with E-state index < -0.39 is 5.97 Å². The number of carboxylic acids is 1. The molecule has 3 heteroatoms. The lowest BCUT2D eigenvalue weighted by Gasteiger charge is -2.43. The van der Waals surface area contributed by atoms with Crippen molar-refractivity contribution in [1.82, 2.24) is 0 Å². The predicted octanol–water partition coefficient (Wildman–Crippen LogP) is 2.10. The van der Waals surface area contributed by atoms with E-state index in [0.29, 0.717) is 11.8 Å². The lowest BCUT2D eigenvalue weighted by molar-refractivity contribution is -0.132. The van der Waals surface area contributed by atoms with Crippen molar-refractivity contribution in [1.29, 1.82) is 5.26 Å². The third-order valence-corrected chi connectivity index (χ3v) is 3.49. The van der Waals surface area contributed by atoms with Crippen LogP contribution in [0.15, 0.2) is 11.1 Å². The fourth-order valence-electron chi connectivity index (χ4n) is 2.73. The monoisotopic (exact) mass is 191 g/mol. The van der Waals surface area contributed by atoms with Crippen LogP contribution in [0.1, 0.15) is 32.1 Å². The molecule has 0 spiro atoms. The molecular formula is C11H13NO2. The second-order valence-electron chi connectivity index (χ2n) is 4.17. The van der Waals surface area contributed by atoms with Crippen LogP contribution < -0.4 is 0 Å². The Labute approximate surface area is 83.0 Å². The van der Waals surface area contributed by atoms with Crippen molar-refractivity contribution >= 4 is 5.97 Å². The standard InChI is InChI=1S/C11H13NO2/c12-6-10(11(13)14)9-5-7-3-1-2-4-8(7)9/h7-8H,1-5H2,(H,13,14). The molecule has 2 rings (SSSR count). The highest BCUT2D eigenvalue weighted by molar-refractivity contribution is 5.92. The Kier molecular flexibility index (Phi) is 2.28. The van der Waals surface area contributed by atoms with E-state index in [0.717, 1.165) is 18.4 Å². The van der Waals surface area contributed by atoms with Gasteiger partial charge in [0, 0.05) is 0 Å². The molecule has 0 bridgehead atoms. The molecule has 2 fully saturated rings. The van der Waals surface area contributed by atoms with Gasteiger partial charge in [0.15, 0.2) is 0 Å². The molecule has 0 amide bonds. The molecule has 0 radical (unpaired) electrons. The molecule has 0 saturated heterocycles. The Morgan fingerprint density at radius 1 is 1.43 bits per heavy atom. The average molecular weight is 191 g/mol. The van der Waals surface area contributed by atoms with E-state index in [-0.39, 0.29) is 5.57 Å². The topological polar surface area (TPSA) is 61.1 Å². The van der Waals surface area contributed by atoms with E-state index in [1.807, 2.05) is 6.07 Å². The van der Waals surface area contributed by atoms with Gasteiger partial charge in [0.25, 0.3) is 0 Å². The summed E-state index contributed by atoms with van der Waals surface area (Å²) in [5, 5.41) is 17.6. The van der Waals surface area contributed by atoms with Crippen molar-refractivity contribution in [3.63, 3.8) is 0 Å². The first-order chi connectivity index (χ1) is 6.74. The molecule has 2 atom stereocenters. The van der Waals surface area contributed by atoms with Crippen LogP contribution in [0.3, 0.4) is 0 Å². The molecule has 0 aromatic carbocycles. The molecule has 14 heavy (non-hydrogen) atoms. The smallest absolute Gasteiger partial charge is 0.346 e. The number of fused-ring (bicyclic) bond motifs is 1. The Balaban J connectivity index is 2.21. The zero-order valence-corrected chi connectivity index (χ0v) is 7.99. The first kappa shape index (κ1) is 9.26. The first-order valence-corrected chi connectivity index (χ1v) is 5.10. The summed E-state index contributed by atoms with van der Waals surface area (Å²) in [4.78, 5) is 10.8. The average Bonchev–Trinajstić information content (AvgIpc) is 2.13. The van der Waals surface area contributed by atoms with Gasteiger partial charge in [0.1, 0.15) is 11.6 Å². The first-order valence-electron chi connectivity index (χ1n) is 5.10. The number of allylic oxidation sites excluding steroid dienone is 1. The maximum Gasteiger partial charge on any atom is 0.346 e. The summed E-state index contributed by atoms with van der Waals surface area (Å²) in [7, 11) is 0. The van der Waals surface area contributed by atoms with Crippen LogP contribution in [0, 0.1) is 23.2 Å². The van der Waals surface area contributed by atoms with E-state index in [1.165, 1.54) is 19.3 Å². The van der Waals surface area contributed by atoms with Crippen LogP contribution in [-0.4, -0.2) is 11.1 Å². The van der Waals surface area contributed by atoms with E-state index in [4.69, 9.17) is 10.4 Å². The van der Waals surface area contributed by atoms with Crippen molar-refractivity contribution in [3.05, 3.63) is 11.1 Å². The maximum absolute atomic E-state index is 10.8. The van der Waals surface area contributed by atoms with Crippen LogP contribution in [0.25, 0.3) is 0 Å². The second kappa shape index (κ2) is 3.45. The molecule has 0 aromatic heterocycles. The summed E-state index contributed by atoms with van der Waals surface area (Å²) in [6.45, 7) is 0. The van der Waals surface area contributed by atoms with Gasteiger partial charge in [-0.1, -0.05) is 12.8 Å². The molecule has 2 unspecified atom stereocenters. The summed E-state index contributed by atoms with van der Waals surface area (Å²) in [6, 6.07) is 1.82. The van der Waals surface area contributed by atoms with Gasteiger partial charge < -0.3 is 5.11 Å². The maximum atomic E-state index is 10.8. The van der Waals surface area contributed by atoms with Crippen molar-refractivity contribution in [2.45, 2.75) is 32.1 Å². The third kappa shape index (κ3) is 1.31. The molecule has 1 N–H and O–H groups in total. The van der Waals surface area contributed by atoms with Gasteiger partial charge in [0.05, 0.1) is 0 Å². The number of nitrogens with zero attached hydrogens (tertiary/aromatic N) is 1. The molecule has 2 aliphatic carbocycles. The van der Waals surface area contributed by atoms with Gasteiger partial charge in [-0.15, -0.1) is 0 Å². The number of carbonyl (C=O) groups is 1. The zero-order chi connectivity index (χ0) is 10.1. The molecule has 0 heterocycles. The number of rotatable bonds is 1. The summed E-state index contributed by atoms with van der Waals surface area (Å²) in [6.07, 6.45) is 5.59. The number of carboxylic acid groups (broad SMARTS) is 1. The van der Waals surface area contributed by atoms with Gasteiger partial charge in [-0.25, -0.2) is 4.79 Å². The SMILES string of the molecule is N#CC(C(=O)O)=C1CC2CCCCC12. The highest BCUT2D eigenvalue weighted by Crippen LogP contribution is 2.50. The van der Waals surface area contributed by atoms with Crippen LogP contribution in [0.4, 0.5) is 0 Å². The summed E-state index contributed by atoms with van der Waals surface area (Å²) in [5.74, 6) is 0.0301. The molecule has 74 valence electrons. The zero-order valence-electron chi connectivity index (χ0n) is 7.99. The molecular weight excluding hydrogens is 178 g/mol. The Hall–Kier alpha value is -1.30. The van der Waals surface area contributed by atoms with E-state index in [1.54, 1.807) is 0 Å². The quantitative estimate of drug-likeness (QED) is 0.510. The number of hydrogen-bond donors (Lipinski definition) is 1. The van der Waals surface area contributed by atoms with E-state index in [9.17, 15) is 4.79 Å². The lowest BCUT2D eigenvalue weighted by Crippen LogP contribution is -2.33. The molecule has 2 saturated carbocycles. The van der Waals surface area contributed by atoms with Crippen molar-refractivity contribution in [2.75, 3.05) is 0 Å². The van der Waals surface area contributed by atoms with Gasteiger partial charge >= 0.3 is 5.97 Å². The number of nitriles is 1. The van der Waals surface area contributed by atoms with Gasteiger partial charge in [-0.05, 0) is 36.7 Å². The van der Waals surface area contributed by atoms with Crippen LogP contribution in [0.2, 0.25) is 0 Å². The summed E-state index contributed by atoms with van der Waals surface area (Å²) >= 11 is 0. The Bertz CT molecular complexity index is 338. The highest BCUT2D eigenvalue weighted by Gasteiger charge is 2.40. The number of hydrogen-bond acceptors (Lipinski definition) is 2. The Morgan fingerprint density at radius 2 is 2.14 bits per heavy atom. The van der Waals surface area contributed by atoms with E-state index >= 15 is 0 Å². The minimum Gasteiger partial charge on any atom is -0.477 e. The summed E-state index contributed by atoms with van der Waals surface area (Å²) < 4.78 is 0. The highest BCUT2D eigenvalue weighted by atomic mass is 16.4. The van der Waals surface area contributed by atoms with Gasteiger partial charge in [0.2, 0.25) is 0 Å². The normalized spacial score (nSPS) is 33.6. The minimum absolute atomic E-state index is 0.00755. The van der Waals surface area contributed by atoms with Gasteiger partial charge in [-0.3, -0.25) is 0 Å². The van der Waals surface area contributed by atoms with E-state index in [2.05, 4.69) is 0 Å². The van der Waals surface area contributed by atoms with Crippen LogP contribution in [-0.2, 0) is 4.79 Å². The lowest BCUT2D eigenvalue weighted by atomic mass is 9.61. The van der Waals surface area contributed by atoms with Crippen molar-refractivity contribution < 1.29 is 9.90 Å². The van der Waals surface area contributed by atoms with Crippen molar-refractivity contribution in [2.24, 2.45) is 11.8 Å². The molecule has 0 aromatic rings. The second-order valence-corrected chi connectivity index (χ2v) is 4.17. The fourth-order valence-corrected chi connectivity index (χ4v) is 2.73. The fraction of sp³-hybridized carbons (Fsp3) is 0.636. The van der Waals surface area contributed by atoms with Crippen molar-refractivity contribution in [3.8, 4) is 6.07 Å². The predicted molar refractivity (Wildman–Crippen MR) is 50.3 cm³/mol. The van der Waals surface area contributed by atoms with Crippen LogP contribution in [0.5, 0.6) is 0 Å². The minimum atomic E-state index is -1.05. The third-order valence-electron chi connectivity index (χ3n) is 3.49.